The molecule has 2 aromatic carbocycles. The van der Waals surface area contributed by atoms with Crippen LogP contribution in [0.2, 0.25) is 0 Å². The van der Waals surface area contributed by atoms with Crippen molar-refractivity contribution in [1.82, 2.24) is 10.2 Å². The number of amides is 2. The Balaban J connectivity index is 2.12. The standard InChI is InChI=1S/C19H20Br2N2O3/c1-13(19(25)22-2)23(11-14-4-3-5-16(21)10-14)18(24)12-26-17-8-6-15(20)7-9-17/h3-10,13H,11-12H2,1-2H3,(H,22,25)/t13-/m1/s1. The van der Waals surface area contributed by atoms with Crippen molar-refractivity contribution in [3.05, 3.63) is 63.0 Å². The Morgan fingerprint density at radius 1 is 1.12 bits per heavy atom. The summed E-state index contributed by atoms with van der Waals surface area (Å²) in [6.07, 6.45) is 0. The number of ether oxygens (including phenoxy) is 1. The summed E-state index contributed by atoms with van der Waals surface area (Å²) in [6.45, 7) is 1.88. The fraction of sp³-hybridized carbons (Fsp3) is 0.263. The van der Waals surface area contributed by atoms with Gasteiger partial charge >= 0.3 is 0 Å². The lowest BCUT2D eigenvalue weighted by molar-refractivity contribution is -0.142. The Kier molecular flexibility index (Phi) is 7.66. The lowest BCUT2D eigenvalue weighted by atomic mass is 10.1. The van der Waals surface area contributed by atoms with Gasteiger partial charge in [0.2, 0.25) is 5.91 Å². The summed E-state index contributed by atoms with van der Waals surface area (Å²) in [5.74, 6) is 0.109. The lowest BCUT2D eigenvalue weighted by Crippen LogP contribution is -2.48. The summed E-state index contributed by atoms with van der Waals surface area (Å²) in [4.78, 5) is 26.3. The van der Waals surface area contributed by atoms with Gasteiger partial charge in [-0.15, -0.1) is 0 Å². The molecule has 1 atom stereocenters. The van der Waals surface area contributed by atoms with Crippen LogP contribution < -0.4 is 10.1 Å². The van der Waals surface area contributed by atoms with E-state index in [0.717, 1.165) is 14.5 Å². The van der Waals surface area contributed by atoms with E-state index in [-0.39, 0.29) is 18.4 Å². The van der Waals surface area contributed by atoms with Crippen LogP contribution in [-0.2, 0) is 16.1 Å². The maximum atomic E-state index is 12.7. The number of carbonyl (C=O) groups is 2. The summed E-state index contributed by atoms with van der Waals surface area (Å²) in [5, 5.41) is 2.59. The molecular weight excluding hydrogens is 464 g/mol. The predicted octanol–water partition coefficient (Wildman–Crippen LogP) is 3.75. The molecule has 1 N–H and O–H groups in total. The van der Waals surface area contributed by atoms with Gasteiger partial charge in [-0.2, -0.15) is 0 Å². The van der Waals surface area contributed by atoms with Crippen LogP contribution in [0.3, 0.4) is 0 Å². The van der Waals surface area contributed by atoms with Gasteiger partial charge in [0, 0.05) is 22.5 Å². The van der Waals surface area contributed by atoms with Crippen LogP contribution >= 0.6 is 31.9 Å². The molecule has 0 aromatic heterocycles. The molecule has 0 unspecified atom stereocenters. The van der Waals surface area contributed by atoms with Gasteiger partial charge in [0.05, 0.1) is 0 Å². The van der Waals surface area contributed by atoms with Crippen molar-refractivity contribution in [2.24, 2.45) is 0 Å². The molecule has 0 aliphatic heterocycles. The number of rotatable bonds is 7. The third kappa shape index (κ3) is 5.85. The Labute approximate surface area is 170 Å². The second-order valence-electron chi connectivity index (χ2n) is 5.68. The molecule has 0 aliphatic rings. The predicted molar refractivity (Wildman–Crippen MR) is 108 cm³/mol. The first-order valence-electron chi connectivity index (χ1n) is 8.04. The van der Waals surface area contributed by atoms with Gasteiger partial charge in [-0.1, -0.05) is 44.0 Å². The van der Waals surface area contributed by atoms with Crippen LogP contribution in [0, 0.1) is 0 Å². The molecule has 2 amide bonds. The second-order valence-corrected chi connectivity index (χ2v) is 7.52. The number of carbonyl (C=O) groups excluding carboxylic acids is 2. The minimum atomic E-state index is -0.611. The minimum Gasteiger partial charge on any atom is -0.484 e. The highest BCUT2D eigenvalue weighted by atomic mass is 79.9. The molecule has 0 saturated heterocycles. The Bertz CT molecular complexity index is 766. The number of halogens is 2. The van der Waals surface area contributed by atoms with Crippen LogP contribution in [0.4, 0.5) is 0 Å². The molecule has 5 nitrogen and oxygen atoms in total. The van der Waals surface area contributed by atoms with Gasteiger partial charge in [-0.3, -0.25) is 9.59 Å². The molecule has 0 bridgehead atoms. The van der Waals surface area contributed by atoms with Crippen LogP contribution in [-0.4, -0.2) is 36.4 Å². The van der Waals surface area contributed by atoms with Crippen molar-refractivity contribution in [3.8, 4) is 5.75 Å². The van der Waals surface area contributed by atoms with Crippen LogP contribution in [0.1, 0.15) is 12.5 Å². The van der Waals surface area contributed by atoms with E-state index in [9.17, 15) is 9.59 Å². The molecular formula is C19H20Br2N2O3. The normalized spacial score (nSPS) is 11.5. The lowest BCUT2D eigenvalue weighted by Gasteiger charge is -2.28. The zero-order valence-electron chi connectivity index (χ0n) is 14.5. The van der Waals surface area contributed by atoms with Crippen LogP contribution in [0.25, 0.3) is 0 Å². The van der Waals surface area contributed by atoms with Crippen molar-refractivity contribution < 1.29 is 14.3 Å². The zero-order chi connectivity index (χ0) is 19.1. The third-order valence-electron chi connectivity index (χ3n) is 3.83. The number of nitrogens with zero attached hydrogens (tertiary/aromatic N) is 1. The Hall–Kier alpha value is -1.86. The monoisotopic (exact) mass is 482 g/mol. The third-order valence-corrected chi connectivity index (χ3v) is 4.85. The van der Waals surface area contributed by atoms with Crippen molar-refractivity contribution in [1.29, 1.82) is 0 Å². The number of hydrogen-bond acceptors (Lipinski definition) is 3. The van der Waals surface area contributed by atoms with E-state index >= 15 is 0 Å². The van der Waals surface area contributed by atoms with Gasteiger partial charge in [0.25, 0.3) is 5.91 Å². The zero-order valence-corrected chi connectivity index (χ0v) is 17.7. The molecule has 0 saturated carbocycles. The molecule has 0 fully saturated rings. The highest BCUT2D eigenvalue weighted by Crippen LogP contribution is 2.18. The number of benzene rings is 2. The fourth-order valence-corrected chi connectivity index (χ4v) is 3.09. The first-order valence-corrected chi connectivity index (χ1v) is 9.63. The summed E-state index contributed by atoms with van der Waals surface area (Å²) in [7, 11) is 1.55. The molecule has 2 rings (SSSR count). The van der Waals surface area contributed by atoms with E-state index in [1.807, 2.05) is 36.4 Å². The second kappa shape index (κ2) is 9.73. The first kappa shape index (κ1) is 20.5. The average molecular weight is 484 g/mol. The largest absolute Gasteiger partial charge is 0.484 e. The van der Waals surface area contributed by atoms with Crippen LogP contribution in [0.15, 0.2) is 57.5 Å². The van der Waals surface area contributed by atoms with Gasteiger partial charge < -0.3 is 15.0 Å². The van der Waals surface area contributed by atoms with Gasteiger partial charge in [0.15, 0.2) is 6.61 Å². The average Bonchev–Trinajstić information content (AvgIpc) is 2.64. The van der Waals surface area contributed by atoms with Gasteiger partial charge in [-0.05, 0) is 48.9 Å². The molecule has 0 heterocycles. The number of hydrogen-bond donors (Lipinski definition) is 1. The first-order chi connectivity index (χ1) is 12.4. The minimum absolute atomic E-state index is 0.142. The van der Waals surface area contributed by atoms with E-state index in [2.05, 4.69) is 37.2 Å². The Morgan fingerprint density at radius 2 is 1.81 bits per heavy atom. The molecule has 7 heteroatoms. The van der Waals surface area contributed by atoms with Gasteiger partial charge in [0.1, 0.15) is 11.8 Å². The number of nitrogens with one attached hydrogen (secondary N) is 1. The summed E-state index contributed by atoms with van der Waals surface area (Å²) in [5.41, 5.74) is 0.923. The van der Waals surface area contributed by atoms with E-state index in [1.54, 1.807) is 26.1 Å². The highest BCUT2D eigenvalue weighted by Gasteiger charge is 2.25. The fourth-order valence-electron chi connectivity index (χ4n) is 2.38. The number of likely N-dealkylation sites (N-methyl/N-ethyl adjacent to an activating group) is 1. The SMILES string of the molecule is CNC(=O)[C@@H](C)N(Cc1cccc(Br)c1)C(=O)COc1ccc(Br)cc1. The van der Waals surface area contributed by atoms with Crippen LogP contribution in [0.5, 0.6) is 5.75 Å². The summed E-state index contributed by atoms with van der Waals surface area (Å²) in [6, 6.07) is 14.3. The van der Waals surface area contributed by atoms with Crippen molar-refractivity contribution >= 4 is 43.7 Å². The van der Waals surface area contributed by atoms with E-state index in [1.165, 1.54) is 4.90 Å². The quantitative estimate of drug-likeness (QED) is 0.652. The van der Waals surface area contributed by atoms with Gasteiger partial charge in [-0.25, -0.2) is 0 Å². The van der Waals surface area contributed by atoms with E-state index in [0.29, 0.717) is 12.3 Å². The molecule has 0 aliphatic carbocycles. The smallest absolute Gasteiger partial charge is 0.261 e. The molecule has 0 radical (unpaired) electrons. The van der Waals surface area contributed by atoms with E-state index in [4.69, 9.17) is 4.74 Å². The molecule has 0 spiro atoms. The summed E-state index contributed by atoms with van der Waals surface area (Å²) < 4.78 is 7.42. The maximum Gasteiger partial charge on any atom is 0.261 e. The van der Waals surface area contributed by atoms with Crippen molar-refractivity contribution in [2.75, 3.05) is 13.7 Å². The topological polar surface area (TPSA) is 58.6 Å². The van der Waals surface area contributed by atoms with E-state index < -0.39 is 6.04 Å². The highest BCUT2D eigenvalue weighted by molar-refractivity contribution is 9.10. The molecule has 26 heavy (non-hydrogen) atoms. The van der Waals surface area contributed by atoms with Crippen molar-refractivity contribution in [3.63, 3.8) is 0 Å². The maximum absolute atomic E-state index is 12.7. The Morgan fingerprint density at radius 3 is 2.42 bits per heavy atom. The summed E-state index contributed by atoms with van der Waals surface area (Å²) >= 11 is 6.78. The molecule has 138 valence electrons. The molecule has 2 aromatic rings. The van der Waals surface area contributed by atoms with Crippen molar-refractivity contribution in [2.45, 2.75) is 19.5 Å².